The van der Waals surface area contributed by atoms with Crippen molar-refractivity contribution in [2.75, 3.05) is 38.7 Å². The first kappa shape index (κ1) is 33.9. The number of hydrogen-bond acceptors (Lipinski definition) is 7. The van der Waals surface area contributed by atoms with Gasteiger partial charge in [-0.3, -0.25) is 13.9 Å². The minimum atomic E-state index is -4.41. The van der Waals surface area contributed by atoms with Crippen molar-refractivity contribution < 1.29 is 32.2 Å². The van der Waals surface area contributed by atoms with Gasteiger partial charge in [0.25, 0.3) is 10.0 Å². The van der Waals surface area contributed by atoms with E-state index in [0.29, 0.717) is 12.2 Å². The quantitative estimate of drug-likeness (QED) is 0.257. The predicted octanol–water partition coefficient (Wildman–Crippen LogP) is 5.08. The Hall–Kier alpha value is -3.96. The van der Waals surface area contributed by atoms with Crippen molar-refractivity contribution in [1.29, 1.82) is 0 Å². The van der Waals surface area contributed by atoms with Crippen LogP contribution in [0.1, 0.15) is 38.2 Å². The second-order valence-electron chi connectivity index (χ2n) is 10.8. The zero-order valence-electron chi connectivity index (χ0n) is 26.0. The minimum Gasteiger partial charge on any atom is -0.495 e. The van der Waals surface area contributed by atoms with Crippen molar-refractivity contribution in [2.45, 2.75) is 56.0 Å². The number of amides is 2. The summed E-state index contributed by atoms with van der Waals surface area (Å²) in [5.74, 6) is -0.110. The van der Waals surface area contributed by atoms with Crippen LogP contribution >= 0.6 is 11.6 Å². The van der Waals surface area contributed by atoms with Gasteiger partial charge in [-0.2, -0.15) is 0 Å². The van der Waals surface area contributed by atoms with E-state index in [9.17, 15) is 18.0 Å². The Morgan fingerprint density at radius 1 is 0.911 bits per heavy atom. The van der Waals surface area contributed by atoms with E-state index in [0.717, 1.165) is 35.6 Å². The van der Waals surface area contributed by atoms with E-state index in [1.54, 1.807) is 13.0 Å². The molecule has 0 unspecified atom stereocenters. The number of anilines is 1. The Labute approximate surface area is 270 Å². The van der Waals surface area contributed by atoms with E-state index >= 15 is 0 Å². The zero-order chi connectivity index (χ0) is 32.6. The molecule has 0 radical (unpaired) electrons. The molecule has 12 heteroatoms. The molecule has 4 rings (SSSR count). The molecule has 1 atom stereocenters. The van der Waals surface area contributed by atoms with Gasteiger partial charge in [0.2, 0.25) is 11.8 Å². The van der Waals surface area contributed by atoms with Crippen LogP contribution in [0.5, 0.6) is 17.2 Å². The van der Waals surface area contributed by atoms with E-state index in [-0.39, 0.29) is 45.6 Å². The Morgan fingerprint density at radius 2 is 1.56 bits per heavy atom. The predicted molar refractivity (Wildman–Crippen MR) is 174 cm³/mol. The Morgan fingerprint density at radius 3 is 2.20 bits per heavy atom. The number of rotatable bonds is 14. The topological polar surface area (TPSA) is 114 Å². The lowest BCUT2D eigenvalue weighted by molar-refractivity contribution is -0.139. The minimum absolute atomic E-state index is 0.0590. The zero-order valence-corrected chi connectivity index (χ0v) is 27.6. The molecule has 45 heavy (non-hydrogen) atoms. The summed E-state index contributed by atoms with van der Waals surface area (Å²) in [5, 5.41) is 3.32. The molecule has 0 heterocycles. The number of sulfonamides is 1. The monoisotopic (exact) mass is 657 g/mol. The van der Waals surface area contributed by atoms with E-state index in [1.807, 2.05) is 30.3 Å². The highest BCUT2D eigenvalue weighted by Gasteiger charge is 2.35. The van der Waals surface area contributed by atoms with Crippen LogP contribution in [0.2, 0.25) is 5.02 Å². The molecule has 1 saturated carbocycles. The summed E-state index contributed by atoms with van der Waals surface area (Å²) in [7, 11) is -0.163. The molecule has 0 bridgehead atoms. The van der Waals surface area contributed by atoms with Crippen molar-refractivity contribution in [3.63, 3.8) is 0 Å². The molecule has 0 aliphatic heterocycles. The molecule has 0 aromatic heterocycles. The second kappa shape index (κ2) is 15.4. The van der Waals surface area contributed by atoms with Crippen molar-refractivity contribution >= 4 is 39.1 Å². The third-order valence-corrected chi connectivity index (χ3v) is 9.98. The van der Waals surface area contributed by atoms with E-state index in [1.165, 1.54) is 56.6 Å². The molecule has 3 aromatic carbocycles. The number of carbonyl (C=O) groups excluding carboxylic acids is 2. The number of carbonyl (C=O) groups is 2. The van der Waals surface area contributed by atoms with Gasteiger partial charge < -0.3 is 24.4 Å². The fourth-order valence-electron chi connectivity index (χ4n) is 5.44. The molecule has 0 spiro atoms. The summed E-state index contributed by atoms with van der Waals surface area (Å²) >= 11 is 6.33. The van der Waals surface area contributed by atoms with Crippen LogP contribution in [0.25, 0.3) is 0 Å². The number of methoxy groups -OCH3 is 3. The van der Waals surface area contributed by atoms with Crippen LogP contribution in [0.3, 0.4) is 0 Å². The van der Waals surface area contributed by atoms with Gasteiger partial charge in [-0.25, -0.2) is 8.42 Å². The van der Waals surface area contributed by atoms with Gasteiger partial charge in [-0.05, 0) is 62.1 Å². The maximum absolute atomic E-state index is 14.3. The summed E-state index contributed by atoms with van der Waals surface area (Å²) in [5.41, 5.74) is 1.05. The summed E-state index contributed by atoms with van der Waals surface area (Å²) in [4.78, 5) is 28.9. The van der Waals surface area contributed by atoms with Crippen LogP contribution in [0.4, 0.5) is 5.69 Å². The standard InChI is InChI=1S/C33H40ClN3O7S/c1-23(33(39)35-26-12-8-9-13-26)36(19-18-24-10-6-5-7-11-24)32(38)22-37(28-20-25(34)14-16-29(28)42-2)45(40,41)27-15-17-30(43-3)31(21-27)44-4/h5-7,10-11,14-17,20-21,23,26H,8-9,12-13,18-19,22H2,1-4H3,(H,35,39)/t23-/m1/s1. The van der Waals surface area contributed by atoms with Gasteiger partial charge in [0.15, 0.2) is 11.5 Å². The number of hydrogen-bond donors (Lipinski definition) is 1. The molecule has 242 valence electrons. The molecule has 1 aliphatic carbocycles. The highest BCUT2D eigenvalue weighted by molar-refractivity contribution is 7.92. The van der Waals surface area contributed by atoms with Crippen LogP contribution < -0.4 is 23.8 Å². The Balaban J connectivity index is 1.74. The average Bonchev–Trinajstić information content (AvgIpc) is 3.56. The highest BCUT2D eigenvalue weighted by Crippen LogP contribution is 2.37. The van der Waals surface area contributed by atoms with Crippen LogP contribution in [0, 0.1) is 0 Å². The molecule has 0 saturated heterocycles. The maximum atomic E-state index is 14.3. The fourth-order valence-corrected chi connectivity index (χ4v) is 7.04. The third-order valence-electron chi connectivity index (χ3n) is 7.98. The van der Waals surface area contributed by atoms with Crippen LogP contribution in [-0.2, 0) is 26.0 Å². The maximum Gasteiger partial charge on any atom is 0.265 e. The smallest absolute Gasteiger partial charge is 0.265 e. The molecule has 1 aliphatic rings. The first-order valence-corrected chi connectivity index (χ1v) is 16.6. The first-order chi connectivity index (χ1) is 21.6. The summed E-state index contributed by atoms with van der Waals surface area (Å²) in [6.45, 7) is 1.24. The third kappa shape index (κ3) is 8.20. The SMILES string of the molecule is COc1ccc(S(=O)(=O)N(CC(=O)N(CCc2ccccc2)[C@H](C)C(=O)NC2CCCC2)c2cc(Cl)ccc2OC)cc1OC. The van der Waals surface area contributed by atoms with Crippen molar-refractivity contribution in [1.82, 2.24) is 10.2 Å². The fraction of sp³-hybridized carbons (Fsp3) is 0.394. The normalized spacial score (nSPS) is 14.0. The van der Waals surface area contributed by atoms with Crippen molar-refractivity contribution in [2.24, 2.45) is 0 Å². The van der Waals surface area contributed by atoms with Gasteiger partial charge in [-0.1, -0.05) is 54.8 Å². The Bertz CT molecular complexity index is 1580. The lowest BCUT2D eigenvalue weighted by Crippen LogP contribution is -2.53. The number of ether oxygens (including phenoxy) is 3. The first-order valence-electron chi connectivity index (χ1n) is 14.8. The van der Waals surface area contributed by atoms with E-state index < -0.39 is 28.5 Å². The summed E-state index contributed by atoms with van der Waals surface area (Å²) in [6, 6.07) is 17.5. The number of benzene rings is 3. The van der Waals surface area contributed by atoms with Crippen LogP contribution in [0.15, 0.2) is 71.6 Å². The largest absolute Gasteiger partial charge is 0.495 e. The number of nitrogens with zero attached hydrogens (tertiary/aromatic N) is 2. The highest BCUT2D eigenvalue weighted by atomic mass is 35.5. The van der Waals surface area contributed by atoms with Gasteiger partial charge in [0.05, 0.1) is 31.9 Å². The number of nitrogens with one attached hydrogen (secondary N) is 1. The van der Waals surface area contributed by atoms with Gasteiger partial charge >= 0.3 is 0 Å². The molecular formula is C33H40ClN3O7S. The van der Waals surface area contributed by atoms with Gasteiger partial charge in [0.1, 0.15) is 18.3 Å². The van der Waals surface area contributed by atoms with E-state index in [2.05, 4.69) is 5.32 Å². The molecule has 3 aromatic rings. The number of halogens is 1. The van der Waals surface area contributed by atoms with Crippen molar-refractivity contribution in [3.05, 3.63) is 77.3 Å². The van der Waals surface area contributed by atoms with Gasteiger partial charge in [-0.15, -0.1) is 0 Å². The average molecular weight is 658 g/mol. The molecule has 1 N–H and O–H groups in total. The molecule has 1 fully saturated rings. The summed E-state index contributed by atoms with van der Waals surface area (Å²) < 4.78 is 45.8. The lowest BCUT2D eigenvalue weighted by Gasteiger charge is -2.33. The summed E-state index contributed by atoms with van der Waals surface area (Å²) in [6.07, 6.45) is 4.34. The molecular weight excluding hydrogens is 618 g/mol. The molecule has 2 amide bonds. The van der Waals surface area contributed by atoms with Crippen molar-refractivity contribution in [3.8, 4) is 17.2 Å². The molecule has 10 nitrogen and oxygen atoms in total. The second-order valence-corrected chi connectivity index (χ2v) is 13.1. The van der Waals surface area contributed by atoms with Crippen LogP contribution in [-0.4, -0.2) is 71.6 Å². The van der Waals surface area contributed by atoms with Gasteiger partial charge in [0, 0.05) is 23.7 Å². The Kier molecular flexibility index (Phi) is 11.6. The lowest BCUT2D eigenvalue weighted by atomic mass is 10.1. The van der Waals surface area contributed by atoms with E-state index in [4.69, 9.17) is 25.8 Å².